The molecule has 0 unspecified atom stereocenters. The first-order chi connectivity index (χ1) is 12.9. The van der Waals surface area contributed by atoms with Crippen LogP contribution in [0.4, 0.5) is 10.1 Å². The van der Waals surface area contributed by atoms with E-state index in [0.717, 1.165) is 5.56 Å². The van der Waals surface area contributed by atoms with Crippen molar-refractivity contribution in [3.63, 3.8) is 0 Å². The van der Waals surface area contributed by atoms with Gasteiger partial charge in [0.15, 0.2) is 0 Å². The predicted molar refractivity (Wildman–Crippen MR) is 102 cm³/mol. The average molecular weight is 367 g/mol. The van der Waals surface area contributed by atoms with Crippen LogP contribution in [-0.4, -0.2) is 16.0 Å². The molecule has 0 saturated heterocycles. The topological polar surface area (TPSA) is 68.0 Å². The number of aromatic nitrogens is 2. The molecule has 3 rings (SSSR count). The van der Waals surface area contributed by atoms with Gasteiger partial charge in [0.05, 0.1) is 0 Å². The number of anilines is 1. The van der Waals surface area contributed by atoms with Crippen molar-refractivity contribution in [2.24, 2.45) is 0 Å². The van der Waals surface area contributed by atoms with Gasteiger partial charge in [-0.15, -0.1) is 0 Å². The van der Waals surface area contributed by atoms with Crippen molar-refractivity contribution in [3.05, 3.63) is 65.3 Å². The Balaban J connectivity index is 1.57. The minimum absolute atomic E-state index is 0.170. The van der Waals surface area contributed by atoms with Crippen molar-refractivity contribution in [2.45, 2.75) is 39.5 Å². The molecule has 0 aliphatic rings. The van der Waals surface area contributed by atoms with E-state index in [9.17, 15) is 9.18 Å². The summed E-state index contributed by atoms with van der Waals surface area (Å²) in [5.74, 6) is 0.766. The molecule has 2 aromatic carbocycles. The third kappa shape index (κ3) is 4.78. The Kier molecular flexibility index (Phi) is 5.64. The summed E-state index contributed by atoms with van der Waals surface area (Å²) >= 11 is 0. The number of carbonyl (C=O) groups excluding carboxylic acids is 1. The number of rotatable bonds is 6. The highest BCUT2D eigenvalue weighted by Gasteiger charge is 2.12. The third-order valence-electron chi connectivity index (χ3n) is 4.33. The first kappa shape index (κ1) is 18.8. The summed E-state index contributed by atoms with van der Waals surface area (Å²) in [5, 5.41) is 6.64. The Bertz CT molecular complexity index is 933. The van der Waals surface area contributed by atoms with Crippen LogP contribution in [0, 0.1) is 12.7 Å². The van der Waals surface area contributed by atoms with Gasteiger partial charge < -0.3 is 9.84 Å². The molecule has 0 spiro atoms. The summed E-state index contributed by atoms with van der Waals surface area (Å²) in [6.07, 6.45) is 0.487. The highest BCUT2D eigenvalue weighted by atomic mass is 19.1. The second-order valence-corrected chi connectivity index (χ2v) is 6.80. The number of amides is 1. The van der Waals surface area contributed by atoms with E-state index >= 15 is 0 Å². The molecule has 0 aliphatic heterocycles. The van der Waals surface area contributed by atoms with Gasteiger partial charge in [-0.25, -0.2) is 4.39 Å². The number of hydrogen-bond acceptors (Lipinski definition) is 4. The molecule has 0 fully saturated rings. The van der Waals surface area contributed by atoms with Crippen LogP contribution in [0.1, 0.15) is 43.2 Å². The van der Waals surface area contributed by atoms with Crippen LogP contribution < -0.4 is 5.32 Å². The summed E-state index contributed by atoms with van der Waals surface area (Å²) in [4.78, 5) is 16.4. The van der Waals surface area contributed by atoms with Crippen molar-refractivity contribution in [1.82, 2.24) is 10.1 Å². The molecule has 0 atom stereocenters. The Morgan fingerprint density at radius 2 is 1.93 bits per heavy atom. The van der Waals surface area contributed by atoms with E-state index in [-0.39, 0.29) is 18.1 Å². The van der Waals surface area contributed by atoms with Crippen molar-refractivity contribution in [1.29, 1.82) is 0 Å². The van der Waals surface area contributed by atoms with E-state index in [1.54, 1.807) is 19.1 Å². The summed E-state index contributed by atoms with van der Waals surface area (Å²) in [7, 11) is 0. The number of benzene rings is 2. The molecule has 140 valence electrons. The minimum atomic E-state index is -0.349. The maximum Gasteiger partial charge on any atom is 0.227 e. The molecule has 1 N–H and O–H groups in total. The molecule has 0 bridgehead atoms. The normalized spacial score (nSPS) is 11.0. The first-order valence-corrected chi connectivity index (χ1v) is 8.91. The molecule has 6 heteroatoms. The van der Waals surface area contributed by atoms with E-state index in [0.29, 0.717) is 35.3 Å². The number of aryl methyl sites for hydroxylation is 2. The molecule has 0 radical (unpaired) electrons. The smallest absolute Gasteiger partial charge is 0.227 e. The van der Waals surface area contributed by atoms with Gasteiger partial charge in [0.2, 0.25) is 17.6 Å². The van der Waals surface area contributed by atoms with Gasteiger partial charge in [0, 0.05) is 24.1 Å². The lowest BCUT2D eigenvalue weighted by atomic mass is 10.0. The standard InChI is InChI=1S/C21H22FN3O2/c1-13(2)15-5-7-16(8-6-15)21-24-20(27-25-21)11-10-19(26)23-17-9-4-14(3)18(22)12-17/h4-9,12-13H,10-11H2,1-3H3,(H,23,26). The number of nitrogens with one attached hydrogen (secondary N) is 1. The van der Waals surface area contributed by atoms with Crippen LogP contribution in [0.5, 0.6) is 0 Å². The molecular weight excluding hydrogens is 345 g/mol. The Morgan fingerprint density at radius 1 is 1.19 bits per heavy atom. The fourth-order valence-electron chi connectivity index (χ4n) is 2.61. The Labute approximate surface area is 157 Å². The Morgan fingerprint density at radius 3 is 2.59 bits per heavy atom. The number of hydrogen-bond donors (Lipinski definition) is 1. The lowest BCUT2D eigenvalue weighted by Crippen LogP contribution is -2.12. The summed E-state index contributed by atoms with van der Waals surface area (Å²) in [6.45, 7) is 5.94. The SMILES string of the molecule is Cc1ccc(NC(=O)CCc2nc(-c3ccc(C(C)C)cc3)no2)cc1F. The molecule has 1 heterocycles. The zero-order valence-corrected chi connectivity index (χ0v) is 15.6. The zero-order valence-electron chi connectivity index (χ0n) is 15.6. The lowest BCUT2D eigenvalue weighted by molar-refractivity contribution is -0.116. The number of nitrogens with zero attached hydrogens (tertiary/aromatic N) is 2. The molecule has 5 nitrogen and oxygen atoms in total. The third-order valence-corrected chi connectivity index (χ3v) is 4.33. The van der Waals surface area contributed by atoms with Gasteiger partial charge >= 0.3 is 0 Å². The quantitative estimate of drug-likeness (QED) is 0.674. The van der Waals surface area contributed by atoms with Crippen molar-refractivity contribution in [2.75, 3.05) is 5.32 Å². The maximum absolute atomic E-state index is 13.5. The van der Waals surface area contributed by atoms with E-state index in [1.165, 1.54) is 11.6 Å². The lowest BCUT2D eigenvalue weighted by Gasteiger charge is -2.05. The monoisotopic (exact) mass is 367 g/mol. The second-order valence-electron chi connectivity index (χ2n) is 6.80. The van der Waals surface area contributed by atoms with Crippen molar-refractivity contribution < 1.29 is 13.7 Å². The van der Waals surface area contributed by atoms with Gasteiger partial charge in [0.25, 0.3) is 0 Å². The molecule has 1 aromatic heterocycles. The van der Waals surface area contributed by atoms with Gasteiger partial charge in [-0.05, 0) is 36.1 Å². The van der Waals surface area contributed by atoms with E-state index in [2.05, 4.69) is 29.3 Å². The molecule has 1 amide bonds. The molecule has 27 heavy (non-hydrogen) atoms. The first-order valence-electron chi connectivity index (χ1n) is 8.91. The van der Waals surface area contributed by atoms with E-state index < -0.39 is 0 Å². The van der Waals surface area contributed by atoms with Gasteiger partial charge in [-0.1, -0.05) is 49.3 Å². The number of halogens is 1. The van der Waals surface area contributed by atoms with Crippen molar-refractivity contribution in [3.8, 4) is 11.4 Å². The van der Waals surface area contributed by atoms with E-state index in [4.69, 9.17) is 4.52 Å². The van der Waals surface area contributed by atoms with Crippen LogP contribution in [0.25, 0.3) is 11.4 Å². The molecule has 3 aromatic rings. The van der Waals surface area contributed by atoms with Crippen LogP contribution in [0.2, 0.25) is 0 Å². The summed E-state index contributed by atoms with van der Waals surface area (Å²) in [5.41, 5.74) is 3.08. The van der Waals surface area contributed by atoms with Crippen LogP contribution in [0.3, 0.4) is 0 Å². The zero-order chi connectivity index (χ0) is 19.4. The van der Waals surface area contributed by atoms with Crippen LogP contribution in [0.15, 0.2) is 47.0 Å². The maximum atomic E-state index is 13.5. The van der Waals surface area contributed by atoms with E-state index in [1.807, 2.05) is 24.3 Å². The van der Waals surface area contributed by atoms with Gasteiger partial charge in [0.1, 0.15) is 5.82 Å². The summed E-state index contributed by atoms with van der Waals surface area (Å²) < 4.78 is 18.8. The van der Waals surface area contributed by atoms with Crippen molar-refractivity contribution >= 4 is 11.6 Å². The largest absolute Gasteiger partial charge is 0.339 e. The van der Waals surface area contributed by atoms with Crippen LogP contribution >= 0.6 is 0 Å². The van der Waals surface area contributed by atoms with Gasteiger partial charge in [-0.2, -0.15) is 4.98 Å². The summed E-state index contributed by atoms with van der Waals surface area (Å²) in [6, 6.07) is 12.6. The molecular formula is C21H22FN3O2. The number of carbonyl (C=O) groups is 1. The second kappa shape index (κ2) is 8.12. The van der Waals surface area contributed by atoms with Gasteiger partial charge in [-0.3, -0.25) is 4.79 Å². The predicted octanol–water partition coefficient (Wildman–Crippen LogP) is 4.88. The average Bonchev–Trinajstić information content (AvgIpc) is 3.12. The highest BCUT2D eigenvalue weighted by Crippen LogP contribution is 2.21. The molecule has 0 saturated carbocycles. The Hall–Kier alpha value is -3.02. The highest BCUT2D eigenvalue weighted by molar-refractivity contribution is 5.90. The van der Waals surface area contributed by atoms with Crippen LogP contribution in [-0.2, 0) is 11.2 Å². The minimum Gasteiger partial charge on any atom is -0.339 e. The molecule has 0 aliphatic carbocycles. The fourth-order valence-corrected chi connectivity index (χ4v) is 2.61. The fraction of sp³-hybridized carbons (Fsp3) is 0.286.